The first kappa shape index (κ1) is 20.0. The normalized spacial score (nSPS) is 10.6. The van der Waals surface area contributed by atoms with E-state index < -0.39 is 11.8 Å². The van der Waals surface area contributed by atoms with Crippen LogP contribution in [0.4, 0.5) is 5.82 Å². The molecule has 31 heavy (non-hydrogen) atoms. The third-order valence-electron chi connectivity index (χ3n) is 4.63. The molecule has 9 nitrogen and oxygen atoms in total. The molecule has 0 atom stereocenters. The Kier molecular flexibility index (Phi) is 6.13. The summed E-state index contributed by atoms with van der Waals surface area (Å²) < 4.78 is 3.36. The highest BCUT2D eigenvalue weighted by Gasteiger charge is 2.15. The molecule has 4 rings (SSSR count). The van der Waals surface area contributed by atoms with E-state index in [2.05, 4.69) is 25.8 Å². The van der Waals surface area contributed by atoms with Gasteiger partial charge in [0.2, 0.25) is 0 Å². The number of anilines is 1. The zero-order valence-electron chi connectivity index (χ0n) is 16.7. The number of amides is 2. The molecule has 0 bridgehead atoms. The van der Waals surface area contributed by atoms with Gasteiger partial charge >= 0.3 is 11.8 Å². The second-order valence-electron chi connectivity index (χ2n) is 6.91. The van der Waals surface area contributed by atoms with E-state index in [1.807, 2.05) is 54.6 Å². The summed E-state index contributed by atoms with van der Waals surface area (Å²) >= 11 is 0. The van der Waals surface area contributed by atoms with Crippen molar-refractivity contribution in [1.29, 1.82) is 0 Å². The largest absolute Gasteiger partial charge is 0.344 e. The maximum absolute atomic E-state index is 12.3. The lowest BCUT2D eigenvalue weighted by atomic mass is 10.1. The number of hydrogen-bond donors (Lipinski definition) is 2. The minimum absolute atomic E-state index is 0.249. The quantitative estimate of drug-likeness (QED) is 0.448. The van der Waals surface area contributed by atoms with Crippen LogP contribution in [0.15, 0.2) is 79.5 Å². The highest BCUT2D eigenvalue weighted by molar-refractivity contribution is 6.39. The Morgan fingerprint density at radius 3 is 2.29 bits per heavy atom. The standard InChI is InChI=1S/C22H21N7O2/c30-21(24-12-17-6-8-19(9-7-17)13-28-16-23-15-26-28)22(31)27-20-10-11-25-29(20)14-18-4-2-1-3-5-18/h1-11,15-16H,12-14H2,(H,24,30)(H,27,31). The molecule has 156 valence electrons. The van der Waals surface area contributed by atoms with Gasteiger partial charge in [-0.2, -0.15) is 10.2 Å². The van der Waals surface area contributed by atoms with Crippen molar-refractivity contribution in [3.05, 3.63) is 96.2 Å². The second-order valence-corrected chi connectivity index (χ2v) is 6.91. The molecule has 2 aromatic carbocycles. The number of aromatic nitrogens is 5. The maximum atomic E-state index is 12.3. The highest BCUT2D eigenvalue weighted by Crippen LogP contribution is 2.10. The van der Waals surface area contributed by atoms with E-state index in [-0.39, 0.29) is 6.54 Å². The van der Waals surface area contributed by atoms with Crippen LogP contribution in [0.25, 0.3) is 0 Å². The summed E-state index contributed by atoms with van der Waals surface area (Å²) in [4.78, 5) is 28.4. The number of carbonyl (C=O) groups excluding carboxylic acids is 2. The lowest BCUT2D eigenvalue weighted by Crippen LogP contribution is -2.35. The van der Waals surface area contributed by atoms with Gasteiger partial charge in [0.15, 0.2) is 0 Å². The monoisotopic (exact) mass is 415 g/mol. The summed E-state index contributed by atoms with van der Waals surface area (Å²) in [6.45, 7) is 1.36. The van der Waals surface area contributed by atoms with Gasteiger partial charge in [0, 0.05) is 12.6 Å². The van der Waals surface area contributed by atoms with Gasteiger partial charge in [-0.25, -0.2) is 14.3 Å². The Labute approximate surface area is 178 Å². The van der Waals surface area contributed by atoms with Gasteiger partial charge in [0.25, 0.3) is 0 Å². The van der Waals surface area contributed by atoms with Crippen LogP contribution in [0.1, 0.15) is 16.7 Å². The van der Waals surface area contributed by atoms with Crippen LogP contribution in [-0.2, 0) is 29.2 Å². The Morgan fingerprint density at radius 2 is 1.55 bits per heavy atom. The molecule has 4 aromatic rings. The third kappa shape index (κ3) is 5.41. The van der Waals surface area contributed by atoms with Crippen molar-refractivity contribution in [2.24, 2.45) is 0 Å². The van der Waals surface area contributed by atoms with Crippen LogP contribution >= 0.6 is 0 Å². The fourth-order valence-electron chi connectivity index (χ4n) is 3.02. The predicted octanol–water partition coefficient (Wildman–Crippen LogP) is 1.83. The minimum Gasteiger partial charge on any atom is -0.344 e. The van der Waals surface area contributed by atoms with Crippen molar-refractivity contribution in [1.82, 2.24) is 29.9 Å². The molecule has 0 unspecified atom stereocenters. The average molecular weight is 415 g/mol. The van der Waals surface area contributed by atoms with Crippen molar-refractivity contribution >= 4 is 17.6 Å². The number of nitrogens with one attached hydrogen (secondary N) is 2. The van der Waals surface area contributed by atoms with E-state index in [9.17, 15) is 9.59 Å². The van der Waals surface area contributed by atoms with Gasteiger partial charge in [-0.05, 0) is 16.7 Å². The van der Waals surface area contributed by atoms with E-state index >= 15 is 0 Å². The summed E-state index contributed by atoms with van der Waals surface area (Å²) in [5, 5.41) is 13.5. The van der Waals surface area contributed by atoms with Gasteiger partial charge in [-0.15, -0.1) is 0 Å². The summed E-state index contributed by atoms with van der Waals surface area (Å²) in [5.41, 5.74) is 2.99. The van der Waals surface area contributed by atoms with Crippen LogP contribution in [0.5, 0.6) is 0 Å². The topological polar surface area (TPSA) is 107 Å². The van der Waals surface area contributed by atoms with Crippen molar-refractivity contribution in [3.8, 4) is 0 Å². The number of benzene rings is 2. The lowest BCUT2D eigenvalue weighted by molar-refractivity contribution is -0.136. The van der Waals surface area contributed by atoms with Gasteiger partial charge < -0.3 is 10.6 Å². The van der Waals surface area contributed by atoms with Crippen LogP contribution in [-0.4, -0.2) is 36.4 Å². The van der Waals surface area contributed by atoms with E-state index in [1.165, 1.54) is 6.33 Å². The fourth-order valence-corrected chi connectivity index (χ4v) is 3.02. The minimum atomic E-state index is -0.738. The van der Waals surface area contributed by atoms with Gasteiger partial charge in [-0.3, -0.25) is 9.59 Å². The summed E-state index contributed by atoms with van der Waals surface area (Å²) in [6.07, 6.45) is 4.72. The Balaban J connectivity index is 1.28. The SMILES string of the molecule is O=C(NCc1ccc(Cn2cncn2)cc1)C(=O)Nc1ccnn1Cc1ccccc1. The van der Waals surface area contributed by atoms with E-state index in [0.29, 0.717) is 18.9 Å². The Morgan fingerprint density at radius 1 is 0.806 bits per heavy atom. The zero-order valence-corrected chi connectivity index (χ0v) is 16.7. The molecule has 0 saturated heterocycles. The molecule has 2 heterocycles. The molecule has 0 spiro atoms. The van der Waals surface area contributed by atoms with Crippen molar-refractivity contribution < 1.29 is 9.59 Å². The maximum Gasteiger partial charge on any atom is 0.314 e. The van der Waals surface area contributed by atoms with Crippen LogP contribution < -0.4 is 10.6 Å². The fraction of sp³-hybridized carbons (Fsp3) is 0.136. The van der Waals surface area contributed by atoms with Crippen molar-refractivity contribution in [2.75, 3.05) is 5.32 Å². The van der Waals surface area contributed by atoms with Crippen LogP contribution in [0, 0.1) is 0 Å². The molecule has 0 aliphatic carbocycles. The van der Waals surface area contributed by atoms with E-state index in [1.54, 1.807) is 28.0 Å². The molecule has 0 radical (unpaired) electrons. The molecular weight excluding hydrogens is 394 g/mol. The first-order valence-electron chi connectivity index (χ1n) is 9.72. The van der Waals surface area contributed by atoms with Gasteiger partial charge in [0.05, 0.1) is 19.3 Å². The molecule has 0 fully saturated rings. The number of nitrogens with zero attached hydrogens (tertiary/aromatic N) is 5. The van der Waals surface area contributed by atoms with Gasteiger partial charge in [0.1, 0.15) is 18.5 Å². The number of hydrogen-bond acceptors (Lipinski definition) is 5. The summed E-state index contributed by atoms with van der Waals surface area (Å²) in [6, 6.07) is 19.1. The molecule has 0 aliphatic rings. The lowest BCUT2D eigenvalue weighted by Gasteiger charge is -2.10. The third-order valence-corrected chi connectivity index (χ3v) is 4.63. The Hall–Kier alpha value is -4.27. The number of carbonyl (C=O) groups is 2. The molecule has 2 N–H and O–H groups in total. The first-order chi connectivity index (χ1) is 15.2. The van der Waals surface area contributed by atoms with Crippen molar-refractivity contribution in [3.63, 3.8) is 0 Å². The van der Waals surface area contributed by atoms with Crippen LogP contribution in [0.2, 0.25) is 0 Å². The van der Waals surface area contributed by atoms with Crippen molar-refractivity contribution in [2.45, 2.75) is 19.6 Å². The molecule has 0 saturated carbocycles. The molecule has 2 amide bonds. The first-order valence-corrected chi connectivity index (χ1v) is 9.72. The molecular formula is C22H21N7O2. The predicted molar refractivity (Wildman–Crippen MR) is 114 cm³/mol. The Bertz CT molecular complexity index is 1140. The van der Waals surface area contributed by atoms with Crippen LogP contribution in [0.3, 0.4) is 0 Å². The van der Waals surface area contributed by atoms with E-state index in [4.69, 9.17) is 0 Å². The molecule has 0 aliphatic heterocycles. The zero-order chi connectivity index (χ0) is 21.5. The summed E-state index contributed by atoms with van der Waals surface area (Å²) in [5.74, 6) is -0.988. The van der Waals surface area contributed by atoms with E-state index in [0.717, 1.165) is 16.7 Å². The average Bonchev–Trinajstić information content (AvgIpc) is 3.46. The van der Waals surface area contributed by atoms with Gasteiger partial charge in [-0.1, -0.05) is 54.6 Å². The smallest absolute Gasteiger partial charge is 0.314 e. The molecule has 2 aromatic heterocycles. The number of rotatable bonds is 7. The molecule has 9 heteroatoms. The highest BCUT2D eigenvalue weighted by atomic mass is 16.2. The summed E-state index contributed by atoms with van der Waals surface area (Å²) in [7, 11) is 0. The second kappa shape index (κ2) is 9.49.